The van der Waals surface area contributed by atoms with Gasteiger partial charge in [0, 0.05) is 5.69 Å². The van der Waals surface area contributed by atoms with Crippen molar-refractivity contribution in [2.75, 3.05) is 5.73 Å². The van der Waals surface area contributed by atoms with Gasteiger partial charge in [0.1, 0.15) is 5.82 Å². The molecule has 0 amide bonds. The van der Waals surface area contributed by atoms with Crippen molar-refractivity contribution >= 4 is 29.7 Å². The topological polar surface area (TPSA) is 26.0 Å². The summed E-state index contributed by atoms with van der Waals surface area (Å²) in [5.41, 5.74) is 6.34. The van der Waals surface area contributed by atoms with Crippen LogP contribution in [0, 0.1) is 12.7 Å². The van der Waals surface area contributed by atoms with Crippen molar-refractivity contribution in [3.8, 4) is 0 Å². The van der Waals surface area contributed by atoms with Gasteiger partial charge in [0.15, 0.2) is 0 Å². The first-order valence-electron chi connectivity index (χ1n) is 2.82. The predicted octanol–water partition coefficient (Wildman–Crippen LogP) is 2.79. The number of nitrogens with two attached hydrogens (primary N) is 1. The summed E-state index contributed by atoms with van der Waals surface area (Å²) in [5, 5.41) is 0.0810. The zero-order valence-corrected chi connectivity index (χ0v) is 7.47. The van der Waals surface area contributed by atoms with Crippen molar-refractivity contribution in [3.63, 3.8) is 0 Å². The lowest BCUT2D eigenvalue weighted by Gasteiger charge is -1.99. The normalized spacial score (nSPS) is 9.00. The van der Waals surface area contributed by atoms with Crippen LogP contribution in [0.4, 0.5) is 10.1 Å². The molecule has 0 bridgehead atoms. The third-order valence-electron chi connectivity index (χ3n) is 1.23. The molecule has 62 valence electrons. The zero-order valence-electron chi connectivity index (χ0n) is 5.90. The minimum Gasteiger partial charge on any atom is -0.399 e. The summed E-state index contributed by atoms with van der Waals surface area (Å²) < 4.78 is 12.7. The lowest BCUT2D eigenvalue weighted by atomic mass is 10.2. The highest BCUT2D eigenvalue weighted by molar-refractivity contribution is 6.31. The van der Waals surface area contributed by atoms with Crippen molar-refractivity contribution in [1.82, 2.24) is 0 Å². The van der Waals surface area contributed by atoms with E-state index in [1.807, 2.05) is 0 Å². The maximum absolute atomic E-state index is 12.7. The summed E-state index contributed by atoms with van der Waals surface area (Å²) in [6.45, 7) is 1.62. The van der Waals surface area contributed by atoms with E-state index in [4.69, 9.17) is 17.3 Å². The quantitative estimate of drug-likeness (QED) is 0.634. The summed E-state index contributed by atoms with van der Waals surface area (Å²) in [7, 11) is 0. The summed E-state index contributed by atoms with van der Waals surface area (Å²) in [4.78, 5) is 0. The second-order valence-electron chi connectivity index (χ2n) is 2.13. The van der Waals surface area contributed by atoms with Crippen molar-refractivity contribution in [2.45, 2.75) is 6.92 Å². The molecule has 0 aliphatic rings. The number of hydrogen-bond acceptors (Lipinski definition) is 1. The fraction of sp³-hybridized carbons (Fsp3) is 0.143. The number of anilines is 1. The van der Waals surface area contributed by atoms with E-state index in [1.165, 1.54) is 6.07 Å². The highest BCUT2D eigenvalue weighted by atomic mass is 35.5. The molecule has 0 saturated carbocycles. The molecule has 0 spiro atoms. The predicted molar refractivity (Wildman–Crippen MR) is 47.8 cm³/mol. The Morgan fingerprint density at radius 3 is 2.45 bits per heavy atom. The highest BCUT2D eigenvalue weighted by Crippen LogP contribution is 2.20. The fourth-order valence-corrected chi connectivity index (χ4v) is 1.03. The van der Waals surface area contributed by atoms with Crippen LogP contribution in [0.15, 0.2) is 12.1 Å². The number of benzene rings is 1. The van der Waals surface area contributed by atoms with Crippen LogP contribution in [0.5, 0.6) is 0 Å². The first kappa shape index (κ1) is 10.5. The Labute approximate surface area is 75.8 Å². The van der Waals surface area contributed by atoms with Crippen LogP contribution in [-0.4, -0.2) is 0 Å². The number of aryl methyl sites for hydroxylation is 1. The van der Waals surface area contributed by atoms with Gasteiger partial charge in [-0.1, -0.05) is 11.6 Å². The molecule has 1 aromatic rings. The Kier molecular flexibility index (Phi) is 3.63. The summed E-state index contributed by atoms with van der Waals surface area (Å²) in [6, 6.07) is 2.94. The zero-order chi connectivity index (χ0) is 7.72. The van der Waals surface area contributed by atoms with Gasteiger partial charge < -0.3 is 5.73 Å². The molecule has 0 aromatic heterocycles. The molecule has 0 aliphatic heterocycles. The number of rotatable bonds is 0. The van der Waals surface area contributed by atoms with Crippen LogP contribution in [-0.2, 0) is 0 Å². The van der Waals surface area contributed by atoms with Gasteiger partial charge in [0.2, 0.25) is 0 Å². The molecule has 1 rings (SSSR count). The van der Waals surface area contributed by atoms with Gasteiger partial charge in [-0.2, -0.15) is 0 Å². The van der Waals surface area contributed by atoms with E-state index in [-0.39, 0.29) is 17.4 Å². The SMILES string of the molecule is Cc1cc(N)cc(Cl)c1F.Cl. The largest absolute Gasteiger partial charge is 0.399 e. The van der Waals surface area contributed by atoms with Gasteiger partial charge in [0.25, 0.3) is 0 Å². The van der Waals surface area contributed by atoms with Crippen molar-refractivity contribution in [3.05, 3.63) is 28.5 Å². The third-order valence-corrected chi connectivity index (χ3v) is 1.51. The molecule has 0 saturated heterocycles. The molecule has 0 radical (unpaired) electrons. The van der Waals surface area contributed by atoms with Gasteiger partial charge in [-0.25, -0.2) is 4.39 Å². The van der Waals surface area contributed by atoms with Crippen molar-refractivity contribution in [2.24, 2.45) is 0 Å². The minimum absolute atomic E-state index is 0. The molecule has 0 unspecified atom stereocenters. The summed E-state index contributed by atoms with van der Waals surface area (Å²) >= 11 is 5.46. The minimum atomic E-state index is -0.393. The molecule has 2 N–H and O–H groups in total. The van der Waals surface area contributed by atoms with Gasteiger partial charge in [-0.15, -0.1) is 12.4 Å². The highest BCUT2D eigenvalue weighted by Gasteiger charge is 2.02. The average molecular weight is 196 g/mol. The average Bonchev–Trinajstić information content (AvgIpc) is 1.82. The lowest BCUT2D eigenvalue weighted by molar-refractivity contribution is 0.619. The molecular weight excluding hydrogens is 188 g/mol. The van der Waals surface area contributed by atoms with Gasteiger partial charge in [0.05, 0.1) is 5.02 Å². The molecule has 4 heteroatoms. The fourth-order valence-electron chi connectivity index (χ4n) is 0.753. The van der Waals surface area contributed by atoms with E-state index in [0.717, 1.165) is 0 Å². The van der Waals surface area contributed by atoms with Gasteiger partial charge in [-0.3, -0.25) is 0 Å². The molecule has 0 aliphatic carbocycles. The molecule has 0 heterocycles. The van der Waals surface area contributed by atoms with E-state index < -0.39 is 5.82 Å². The molecule has 11 heavy (non-hydrogen) atoms. The number of hydrogen-bond donors (Lipinski definition) is 1. The maximum Gasteiger partial charge on any atom is 0.144 e. The van der Waals surface area contributed by atoms with Crippen LogP contribution in [0.1, 0.15) is 5.56 Å². The molecular formula is C7H8Cl2FN. The van der Waals surface area contributed by atoms with Crippen LogP contribution in [0.2, 0.25) is 5.02 Å². The second kappa shape index (κ2) is 3.79. The maximum atomic E-state index is 12.7. The van der Waals surface area contributed by atoms with Crippen molar-refractivity contribution in [1.29, 1.82) is 0 Å². The van der Waals surface area contributed by atoms with Crippen LogP contribution in [0.3, 0.4) is 0 Å². The molecule has 0 atom stereocenters. The smallest absolute Gasteiger partial charge is 0.144 e. The first-order valence-corrected chi connectivity index (χ1v) is 3.20. The Hall–Kier alpha value is -0.470. The number of halogens is 3. The van der Waals surface area contributed by atoms with Gasteiger partial charge >= 0.3 is 0 Å². The van der Waals surface area contributed by atoms with E-state index in [0.29, 0.717) is 11.3 Å². The van der Waals surface area contributed by atoms with Crippen LogP contribution >= 0.6 is 24.0 Å². The van der Waals surface area contributed by atoms with E-state index in [9.17, 15) is 4.39 Å². The Morgan fingerprint density at radius 1 is 1.45 bits per heavy atom. The second-order valence-corrected chi connectivity index (χ2v) is 2.54. The molecule has 1 aromatic carbocycles. The number of nitrogen functional groups attached to an aromatic ring is 1. The Bertz CT molecular complexity index is 240. The monoisotopic (exact) mass is 195 g/mol. The molecule has 1 nitrogen and oxygen atoms in total. The molecule has 0 fully saturated rings. The van der Waals surface area contributed by atoms with E-state index in [2.05, 4.69) is 0 Å². The Balaban J connectivity index is 0.000001000. The lowest BCUT2D eigenvalue weighted by Crippen LogP contribution is -1.89. The third kappa shape index (κ3) is 2.24. The standard InChI is InChI=1S/C7H7ClFN.ClH/c1-4-2-5(10)3-6(8)7(4)9;/h2-3H,10H2,1H3;1H. The first-order chi connectivity index (χ1) is 4.61. The summed E-state index contributed by atoms with van der Waals surface area (Å²) in [5.74, 6) is -0.393. The van der Waals surface area contributed by atoms with Gasteiger partial charge in [-0.05, 0) is 24.6 Å². The Morgan fingerprint density at radius 2 is 2.00 bits per heavy atom. The summed E-state index contributed by atoms with van der Waals surface area (Å²) in [6.07, 6.45) is 0. The van der Waals surface area contributed by atoms with Crippen LogP contribution < -0.4 is 5.73 Å². The van der Waals surface area contributed by atoms with Crippen LogP contribution in [0.25, 0.3) is 0 Å². The van der Waals surface area contributed by atoms with Crippen molar-refractivity contribution < 1.29 is 4.39 Å². The van der Waals surface area contributed by atoms with E-state index in [1.54, 1.807) is 13.0 Å². The van der Waals surface area contributed by atoms with E-state index >= 15 is 0 Å².